The molecular weight excluding hydrogens is 272 g/mol. The van der Waals surface area contributed by atoms with Gasteiger partial charge in [0.2, 0.25) is 5.60 Å². The highest BCUT2D eigenvalue weighted by atomic mass is 19.4. The van der Waals surface area contributed by atoms with Crippen LogP contribution in [0, 0.1) is 12.7 Å². The average molecular weight is 284 g/mol. The highest BCUT2D eigenvalue weighted by Gasteiger charge is 2.57. The van der Waals surface area contributed by atoms with E-state index in [1.807, 2.05) is 0 Å². The molecule has 2 aromatic rings. The van der Waals surface area contributed by atoms with Crippen molar-refractivity contribution in [3.8, 4) is 0 Å². The molecule has 106 valence electrons. The molecule has 0 saturated carbocycles. The first-order chi connectivity index (χ1) is 9.28. The monoisotopic (exact) mass is 284 g/mol. The SMILES string of the molecule is Cc1ccccc1C(O)(c1ccccc1F)C(F)(F)F. The summed E-state index contributed by atoms with van der Waals surface area (Å²) in [5, 5.41) is 10.3. The van der Waals surface area contributed by atoms with Crippen LogP contribution in [-0.2, 0) is 5.60 Å². The van der Waals surface area contributed by atoms with E-state index in [2.05, 4.69) is 0 Å². The van der Waals surface area contributed by atoms with Crippen LogP contribution < -0.4 is 0 Å². The first-order valence-electron chi connectivity index (χ1n) is 5.88. The minimum atomic E-state index is -5.04. The van der Waals surface area contributed by atoms with Crippen molar-refractivity contribution in [3.05, 3.63) is 71.0 Å². The van der Waals surface area contributed by atoms with Crippen LogP contribution in [0.1, 0.15) is 16.7 Å². The third-order valence-electron chi connectivity index (χ3n) is 3.21. The lowest BCUT2D eigenvalue weighted by atomic mass is 9.83. The number of halogens is 4. The smallest absolute Gasteiger partial charge is 0.372 e. The van der Waals surface area contributed by atoms with E-state index in [4.69, 9.17) is 0 Å². The molecule has 2 aromatic carbocycles. The zero-order valence-corrected chi connectivity index (χ0v) is 10.6. The van der Waals surface area contributed by atoms with Gasteiger partial charge in [-0.25, -0.2) is 4.39 Å². The molecule has 0 radical (unpaired) electrons. The summed E-state index contributed by atoms with van der Waals surface area (Å²) in [6.07, 6.45) is -5.04. The fraction of sp³-hybridized carbons (Fsp3) is 0.200. The Morgan fingerprint density at radius 3 is 1.85 bits per heavy atom. The second-order valence-electron chi connectivity index (χ2n) is 4.50. The van der Waals surface area contributed by atoms with Gasteiger partial charge in [0.1, 0.15) is 5.82 Å². The maximum atomic E-state index is 13.8. The minimum Gasteiger partial charge on any atom is -0.372 e. The van der Waals surface area contributed by atoms with Gasteiger partial charge in [-0.05, 0) is 18.6 Å². The summed E-state index contributed by atoms with van der Waals surface area (Å²) in [7, 11) is 0. The topological polar surface area (TPSA) is 20.2 Å². The Bertz CT molecular complexity index is 574. The van der Waals surface area contributed by atoms with Gasteiger partial charge in [-0.2, -0.15) is 13.2 Å². The average Bonchev–Trinajstić information content (AvgIpc) is 2.37. The predicted molar refractivity (Wildman–Crippen MR) is 66.6 cm³/mol. The molecule has 0 heterocycles. The number of alkyl halides is 3. The molecule has 1 nitrogen and oxygen atoms in total. The van der Waals surface area contributed by atoms with Crippen molar-refractivity contribution in [2.75, 3.05) is 0 Å². The molecule has 0 bridgehead atoms. The number of benzene rings is 2. The number of aliphatic hydroxyl groups is 1. The Hall–Kier alpha value is -1.88. The molecule has 2 rings (SSSR count). The zero-order chi connectivity index (χ0) is 15.0. The Balaban J connectivity index is 2.78. The van der Waals surface area contributed by atoms with Crippen LogP contribution in [0.2, 0.25) is 0 Å². The van der Waals surface area contributed by atoms with E-state index in [0.29, 0.717) is 0 Å². The van der Waals surface area contributed by atoms with Gasteiger partial charge in [-0.1, -0.05) is 42.5 Å². The number of hydrogen-bond donors (Lipinski definition) is 1. The molecule has 0 aliphatic heterocycles. The molecule has 5 heteroatoms. The zero-order valence-electron chi connectivity index (χ0n) is 10.6. The Morgan fingerprint density at radius 1 is 0.850 bits per heavy atom. The molecule has 0 aromatic heterocycles. The van der Waals surface area contributed by atoms with Crippen molar-refractivity contribution >= 4 is 0 Å². The van der Waals surface area contributed by atoms with E-state index in [1.54, 1.807) is 6.07 Å². The van der Waals surface area contributed by atoms with Crippen molar-refractivity contribution in [2.45, 2.75) is 18.7 Å². The number of aryl methyl sites for hydroxylation is 1. The summed E-state index contributed by atoms with van der Waals surface area (Å²) in [4.78, 5) is 0. The minimum absolute atomic E-state index is 0.232. The molecule has 20 heavy (non-hydrogen) atoms. The van der Waals surface area contributed by atoms with Crippen molar-refractivity contribution < 1.29 is 22.7 Å². The maximum Gasteiger partial charge on any atom is 0.425 e. The fourth-order valence-electron chi connectivity index (χ4n) is 2.18. The van der Waals surface area contributed by atoms with Crippen molar-refractivity contribution in [1.82, 2.24) is 0 Å². The van der Waals surface area contributed by atoms with Crippen LogP contribution in [0.25, 0.3) is 0 Å². The van der Waals surface area contributed by atoms with Gasteiger partial charge in [0, 0.05) is 11.1 Å². The van der Waals surface area contributed by atoms with Gasteiger partial charge in [-0.15, -0.1) is 0 Å². The van der Waals surface area contributed by atoms with Crippen LogP contribution in [0.15, 0.2) is 48.5 Å². The largest absolute Gasteiger partial charge is 0.425 e. The summed E-state index contributed by atoms with van der Waals surface area (Å²) in [5.41, 5.74) is -4.32. The normalized spacial score (nSPS) is 14.9. The van der Waals surface area contributed by atoms with Gasteiger partial charge in [0.05, 0.1) is 0 Å². The van der Waals surface area contributed by atoms with E-state index in [1.165, 1.54) is 31.2 Å². The van der Waals surface area contributed by atoms with Crippen LogP contribution in [0.5, 0.6) is 0 Å². The summed E-state index contributed by atoms with van der Waals surface area (Å²) in [5.74, 6) is -1.10. The lowest BCUT2D eigenvalue weighted by Crippen LogP contribution is -2.44. The van der Waals surface area contributed by atoms with Gasteiger partial charge in [0.25, 0.3) is 0 Å². The molecule has 0 fully saturated rings. The first kappa shape index (κ1) is 14.5. The molecule has 1 atom stereocenters. The van der Waals surface area contributed by atoms with E-state index < -0.39 is 23.2 Å². The van der Waals surface area contributed by atoms with Gasteiger partial charge in [-0.3, -0.25) is 0 Å². The van der Waals surface area contributed by atoms with E-state index in [0.717, 1.165) is 18.2 Å². The molecular formula is C15H12F4O. The van der Waals surface area contributed by atoms with Crippen molar-refractivity contribution in [2.24, 2.45) is 0 Å². The molecule has 0 amide bonds. The second kappa shape index (κ2) is 4.90. The van der Waals surface area contributed by atoms with E-state index in [9.17, 15) is 22.7 Å². The van der Waals surface area contributed by atoms with Crippen LogP contribution in [-0.4, -0.2) is 11.3 Å². The summed E-state index contributed by atoms with van der Waals surface area (Å²) < 4.78 is 54.0. The lowest BCUT2D eigenvalue weighted by Gasteiger charge is -2.32. The quantitative estimate of drug-likeness (QED) is 0.828. The van der Waals surface area contributed by atoms with Gasteiger partial charge < -0.3 is 5.11 Å². The maximum absolute atomic E-state index is 13.8. The lowest BCUT2D eigenvalue weighted by molar-refractivity contribution is -0.249. The highest BCUT2D eigenvalue weighted by molar-refractivity contribution is 5.42. The van der Waals surface area contributed by atoms with Gasteiger partial charge in [0.15, 0.2) is 0 Å². The Morgan fingerprint density at radius 2 is 1.35 bits per heavy atom. The van der Waals surface area contributed by atoms with Crippen molar-refractivity contribution in [3.63, 3.8) is 0 Å². The Kier molecular flexibility index (Phi) is 3.56. The third-order valence-corrected chi connectivity index (χ3v) is 3.21. The van der Waals surface area contributed by atoms with E-state index in [-0.39, 0.29) is 11.1 Å². The number of hydrogen-bond acceptors (Lipinski definition) is 1. The molecule has 1 N–H and O–H groups in total. The molecule has 0 saturated heterocycles. The molecule has 0 spiro atoms. The van der Waals surface area contributed by atoms with Gasteiger partial charge >= 0.3 is 6.18 Å². The summed E-state index contributed by atoms with van der Waals surface area (Å²) >= 11 is 0. The summed E-state index contributed by atoms with van der Waals surface area (Å²) in [6.45, 7) is 1.44. The van der Waals surface area contributed by atoms with Crippen LogP contribution in [0.3, 0.4) is 0 Å². The first-order valence-corrected chi connectivity index (χ1v) is 5.88. The number of rotatable bonds is 2. The predicted octanol–water partition coefficient (Wildman–Crippen LogP) is 3.93. The molecule has 0 aliphatic rings. The van der Waals surface area contributed by atoms with E-state index >= 15 is 0 Å². The van der Waals surface area contributed by atoms with Crippen LogP contribution >= 0.6 is 0 Å². The molecule has 1 unspecified atom stereocenters. The second-order valence-corrected chi connectivity index (χ2v) is 4.50. The highest BCUT2D eigenvalue weighted by Crippen LogP contribution is 2.45. The van der Waals surface area contributed by atoms with Crippen LogP contribution in [0.4, 0.5) is 17.6 Å². The standard InChI is InChI=1S/C15H12F4O/c1-10-6-2-3-7-11(10)14(20,15(17,18)19)12-8-4-5-9-13(12)16/h2-9,20H,1H3. The third kappa shape index (κ3) is 2.18. The Labute approximate surface area is 113 Å². The fourth-order valence-corrected chi connectivity index (χ4v) is 2.18. The summed E-state index contributed by atoms with van der Waals surface area (Å²) in [6, 6.07) is 9.87. The van der Waals surface area contributed by atoms with Crippen molar-refractivity contribution in [1.29, 1.82) is 0 Å². The molecule has 0 aliphatic carbocycles.